The molecule has 7 nitrogen and oxygen atoms in total. The number of fused-ring (bicyclic) bond motifs is 3. The second-order valence-corrected chi connectivity index (χ2v) is 11.9. The number of hydrogen-bond acceptors (Lipinski definition) is 7. The number of aliphatic hydroxyl groups excluding tert-OH is 2. The second-order valence-electron chi connectivity index (χ2n) is 11.9. The number of phenols is 1. The van der Waals surface area contributed by atoms with Gasteiger partial charge in [0.25, 0.3) is 0 Å². The Morgan fingerprint density at radius 2 is 1.70 bits per heavy atom. The average Bonchev–Trinajstić information content (AvgIpc) is 2.75. The van der Waals surface area contributed by atoms with Gasteiger partial charge in [0.05, 0.1) is 5.56 Å². The SMILES string of the molecule is CC(=O)C1=C(O)[C@]2(O)C(=O)C3=C(O)c4c(O)ccc(C#CC(C)C)c4C[C@]3(C)C[C@]2(C)C(C(C)C)C1=O. The molecule has 3 aliphatic rings. The van der Waals surface area contributed by atoms with Crippen LogP contribution in [0.5, 0.6) is 5.75 Å². The minimum absolute atomic E-state index is 0.0532. The first-order chi connectivity index (χ1) is 17.0. The number of benzene rings is 1. The van der Waals surface area contributed by atoms with Crippen molar-refractivity contribution in [1.82, 2.24) is 0 Å². The van der Waals surface area contributed by atoms with Gasteiger partial charge in [-0.2, -0.15) is 0 Å². The summed E-state index contributed by atoms with van der Waals surface area (Å²) in [6, 6.07) is 3.07. The molecule has 0 aromatic heterocycles. The summed E-state index contributed by atoms with van der Waals surface area (Å²) in [5.41, 5.74) is -4.63. The lowest BCUT2D eigenvalue weighted by molar-refractivity contribution is -0.178. The summed E-state index contributed by atoms with van der Waals surface area (Å²) in [6.07, 6.45) is 0.260. The van der Waals surface area contributed by atoms with Crippen molar-refractivity contribution >= 4 is 23.1 Å². The first-order valence-electron chi connectivity index (χ1n) is 12.6. The van der Waals surface area contributed by atoms with Gasteiger partial charge < -0.3 is 20.4 Å². The van der Waals surface area contributed by atoms with Gasteiger partial charge in [-0.1, -0.05) is 53.4 Å². The Hall–Kier alpha value is -3.37. The molecule has 1 aromatic carbocycles. The molecule has 4 atom stereocenters. The first-order valence-corrected chi connectivity index (χ1v) is 12.6. The van der Waals surface area contributed by atoms with Crippen molar-refractivity contribution in [3.05, 3.63) is 45.7 Å². The Kier molecular flexibility index (Phi) is 6.00. The third kappa shape index (κ3) is 3.42. The maximum absolute atomic E-state index is 14.2. The summed E-state index contributed by atoms with van der Waals surface area (Å²) in [7, 11) is 0. The molecule has 1 aromatic rings. The lowest BCUT2D eigenvalue weighted by Crippen LogP contribution is -2.69. The Morgan fingerprint density at radius 3 is 2.24 bits per heavy atom. The molecule has 1 saturated carbocycles. The zero-order valence-corrected chi connectivity index (χ0v) is 22.3. The fourth-order valence-electron chi connectivity index (χ4n) is 7.06. The van der Waals surface area contributed by atoms with E-state index in [9.17, 15) is 34.8 Å². The van der Waals surface area contributed by atoms with Gasteiger partial charge in [-0.05, 0) is 43.4 Å². The summed E-state index contributed by atoms with van der Waals surface area (Å²) in [4.78, 5) is 40.2. The third-order valence-corrected chi connectivity index (χ3v) is 8.38. The van der Waals surface area contributed by atoms with Crippen LogP contribution >= 0.6 is 0 Å². The molecular formula is C30H34O7. The van der Waals surface area contributed by atoms with E-state index < -0.39 is 56.8 Å². The topological polar surface area (TPSA) is 132 Å². The largest absolute Gasteiger partial charge is 0.508 e. The van der Waals surface area contributed by atoms with Crippen molar-refractivity contribution in [3.63, 3.8) is 0 Å². The van der Waals surface area contributed by atoms with Crippen molar-refractivity contribution in [2.75, 3.05) is 0 Å². The second kappa shape index (κ2) is 8.32. The molecule has 4 rings (SSSR count). The number of phenolic OH excluding ortho intramolecular Hbond substituents is 1. The highest BCUT2D eigenvalue weighted by atomic mass is 16.3. The zero-order chi connectivity index (χ0) is 27.8. The van der Waals surface area contributed by atoms with Gasteiger partial charge in [0.15, 0.2) is 17.2 Å². The van der Waals surface area contributed by atoms with Crippen LogP contribution in [0.3, 0.4) is 0 Å². The van der Waals surface area contributed by atoms with Gasteiger partial charge in [0, 0.05) is 33.8 Å². The number of aromatic hydroxyl groups is 1. The van der Waals surface area contributed by atoms with Gasteiger partial charge >= 0.3 is 0 Å². The Bertz CT molecular complexity index is 1380. The van der Waals surface area contributed by atoms with Crippen molar-refractivity contribution in [1.29, 1.82) is 0 Å². The smallest absolute Gasteiger partial charge is 0.203 e. The monoisotopic (exact) mass is 506 g/mol. The van der Waals surface area contributed by atoms with E-state index in [0.29, 0.717) is 11.1 Å². The highest BCUT2D eigenvalue weighted by molar-refractivity contribution is 6.24. The van der Waals surface area contributed by atoms with Crippen LogP contribution in [0.25, 0.3) is 5.76 Å². The van der Waals surface area contributed by atoms with Crippen molar-refractivity contribution < 1.29 is 34.8 Å². The van der Waals surface area contributed by atoms with Gasteiger partial charge in [0.1, 0.15) is 22.8 Å². The van der Waals surface area contributed by atoms with Gasteiger partial charge in [0.2, 0.25) is 5.78 Å². The minimum atomic E-state index is -2.61. The first kappa shape index (κ1) is 26.7. The molecular weight excluding hydrogens is 472 g/mol. The molecule has 0 bridgehead atoms. The average molecular weight is 507 g/mol. The summed E-state index contributed by atoms with van der Waals surface area (Å²) in [6.45, 7) is 11.9. The number of carbonyl (C=O) groups is 3. The molecule has 196 valence electrons. The molecule has 0 saturated heterocycles. The van der Waals surface area contributed by atoms with E-state index in [4.69, 9.17) is 0 Å². The highest BCUT2D eigenvalue weighted by Gasteiger charge is 2.72. The van der Waals surface area contributed by atoms with Crippen molar-refractivity contribution in [3.8, 4) is 17.6 Å². The van der Waals surface area contributed by atoms with E-state index in [-0.39, 0.29) is 41.6 Å². The van der Waals surface area contributed by atoms with Crippen LogP contribution in [0.2, 0.25) is 0 Å². The van der Waals surface area contributed by atoms with Crippen LogP contribution in [0, 0.1) is 40.4 Å². The van der Waals surface area contributed by atoms with Crippen LogP contribution in [0.15, 0.2) is 29.0 Å². The van der Waals surface area contributed by atoms with Crippen LogP contribution in [-0.4, -0.2) is 43.4 Å². The number of allylic oxidation sites excluding steroid dienone is 1. The maximum atomic E-state index is 14.2. The predicted octanol–water partition coefficient (Wildman–Crippen LogP) is 4.20. The summed E-state index contributed by atoms with van der Waals surface area (Å²) < 4.78 is 0. The number of carbonyl (C=O) groups excluding carboxylic acids is 3. The van der Waals surface area contributed by atoms with Crippen LogP contribution in [-0.2, 0) is 20.8 Å². The van der Waals surface area contributed by atoms with E-state index in [1.54, 1.807) is 33.8 Å². The number of Topliss-reactive ketones (excluding diaryl/α,β-unsaturated/α-hetero) is 3. The summed E-state index contributed by atoms with van der Waals surface area (Å²) >= 11 is 0. The van der Waals surface area contributed by atoms with Gasteiger partial charge in [-0.25, -0.2) is 0 Å². The van der Waals surface area contributed by atoms with Crippen molar-refractivity contribution in [2.24, 2.45) is 28.6 Å². The molecule has 1 unspecified atom stereocenters. The third-order valence-electron chi connectivity index (χ3n) is 8.38. The molecule has 0 aliphatic heterocycles. The number of aliphatic hydroxyl groups is 3. The molecule has 3 aliphatic carbocycles. The Morgan fingerprint density at radius 1 is 1.08 bits per heavy atom. The molecule has 0 radical (unpaired) electrons. The Balaban J connectivity index is 2.07. The maximum Gasteiger partial charge on any atom is 0.203 e. The van der Waals surface area contributed by atoms with Gasteiger partial charge in [-0.15, -0.1) is 0 Å². The fraction of sp³-hybridized carbons (Fsp3) is 0.500. The van der Waals surface area contributed by atoms with E-state index in [1.807, 2.05) is 13.8 Å². The van der Waals surface area contributed by atoms with E-state index in [0.717, 1.165) is 6.92 Å². The molecule has 0 spiro atoms. The molecule has 7 heteroatoms. The molecule has 4 N–H and O–H groups in total. The predicted molar refractivity (Wildman–Crippen MR) is 138 cm³/mol. The normalized spacial score (nSPS) is 31.1. The van der Waals surface area contributed by atoms with Crippen molar-refractivity contribution in [2.45, 2.75) is 66.9 Å². The molecule has 0 heterocycles. The zero-order valence-electron chi connectivity index (χ0n) is 22.3. The molecule has 37 heavy (non-hydrogen) atoms. The highest BCUT2D eigenvalue weighted by Crippen LogP contribution is 2.65. The van der Waals surface area contributed by atoms with E-state index in [1.165, 1.54) is 6.07 Å². The fourth-order valence-corrected chi connectivity index (χ4v) is 7.06. The van der Waals surface area contributed by atoms with Crippen LogP contribution in [0.4, 0.5) is 0 Å². The van der Waals surface area contributed by atoms with Gasteiger partial charge in [-0.3, -0.25) is 14.4 Å². The number of rotatable bonds is 2. The van der Waals surface area contributed by atoms with E-state index in [2.05, 4.69) is 11.8 Å². The van der Waals surface area contributed by atoms with E-state index >= 15 is 0 Å². The molecule has 1 fully saturated rings. The van der Waals surface area contributed by atoms with Crippen LogP contribution in [0.1, 0.15) is 71.6 Å². The lowest BCUT2D eigenvalue weighted by Gasteiger charge is -2.59. The summed E-state index contributed by atoms with van der Waals surface area (Å²) in [5.74, 6) is 0.951. The minimum Gasteiger partial charge on any atom is -0.508 e. The number of ketones is 3. The standard InChI is InChI=1S/C30H34O7/c1-14(2)8-9-17-10-11-19(32)21-18(17)12-28(6)13-29(7)22(15(3)4)24(33)20(16(5)31)26(35)30(29,37)27(36)23(28)25(21)34/h10-11,14-15,22,32,34-35,37H,12-13H2,1-7H3/t22?,28-,29-,30+/m1/s1. The van der Waals surface area contributed by atoms with Crippen LogP contribution < -0.4 is 0 Å². The lowest BCUT2D eigenvalue weighted by atomic mass is 9.43. The quantitative estimate of drug-likeness (QED) is 0.349. The number of hydrogen-bond donors (Lipinski definition) is 4. The summed E-state index contributed by atoms with van der Waals surface area (Å²) in [5, 5.41) is 45.4. The Labute approximate surface area is 216 Å². The molecule has 0 amide bonds.